The summed E-state index contributed by atoms with van der Waals surface area (Å²) >= 11 is 0. The molecule has 0 aromatic heterocycles. The number of carbonyl (C=O) groups is 5. The van der Waals surface area contributed by atoms with E-state index >= 15 is 0 Å². The molecule has 4 atom stereocenters. The van der Waals surface area contributed by atoms with Crippen molar-refractivity contribution in [2.75, 3.05) is 78.8 Å². The van der Waals surface area contributed by atoms with Gasteiger partial charge in [-0.3, -0.25) is 19.2 Å². The molecule has 2 aliphatic heterocycles. The second-order valence-electron chi connectivity index (χ2n) is 32.1. The summed E-state index contributed by atoms with van der Waals surface area (Å²) in [6.45, 7) is 59.0. The predicted molar refractivity (Wildman–Crippen MR) is 389 cm³/mol. The minimum atomic E-state index is -1.72. The molecule has 90 heavy (non-hydrogen) atoms. The lowest BCUT2D eigenvalue weighted by atomic mass is 10.0. The maximum Gasteiger partial charge on any atom is 0.243 e. The van der Waals surface area contributed by atoms with Gasteiger partial charge in [-0.1, -0.05) is 103 Å². The van der Waals surface area contributed by atoms with Crippen LogP contribution in [0.2, 0.25) is 72.5 Å². The fraction of sp³-hybridized carbons (Fsp3) is 0.928. The highest BCUT2D eigenvalue weighted by atomic mass is 28.4. The van der Waals surface area contributed by atoms with Crippen LogP contribution in [-0.2, 0) is 41.7 Å². The largest absolute Gasteiger partial charge is 0.417 e. The Labute approximate surface area is 557 Å². The lowest BCUT2D eigenvalue weighted by Crippen LogP contribution is -2.61. The number of carbonyl (C=O) groups excluding carboxylic acids is 5. The monoisotopic (exact) mass is 1340 g/mol. The zero-order valence-electron chi connectivity index (χ0n) is 62.4. The van der Waals surface area contributed by atoms with Crippen LogP contribution in [0.5, 0.6) is 0 Å². The van der Waals surface area contributed by atoms with Gasteiger partial charge in [-0.25, -0.2) is 0 Å². The Morgan fingerprint density at radius 2 is 0.589 bits per heavy atom. The van der Waals surface area contributed by atoms with Crippen LogP contribution >= 0.6 is 0 Å². The Morgan fingerprint density at radius 1 is 0.367 bits per heavy atom. The number of rotatable bonds is 45. The lowest BCUT2D eigenvalue weighted by molar-refractivity contribution is -0.137. The van der Waals surface area contributed by atoms with E-state index in [1.165, 1.54) is 19.3 Å². The topological polar surface area (TPSA) is 229 Å². The van der Waals surface area contributed by atoms with E-state index in [9.17, 15) is 24.0 Å². The Morgan fingerprint density at radius 3 is 0.811 bits per heavy atom. The summed E-state index contributed by atoms with van der Waals surface area (Å²) in [6, 6.07) is -1.64. The normalized spacial score (nSPS) is 18.1. The molecule has 0 spiro atoms. The van der Waals surface area contributed by atoms with E-state index in [1.54, 1.807) is 0 Å². The molecule has 8 N–H and O–H groups in total. The standard InChI is InChI=1S/C47H100N4O5Si3.C12H24N4O2.C10H22O2Si/c1-17-18-21-32-50(35-24-27-38-54-57(11,12)45(2,3)4)33-22-19-30-41-43(52)49-42(44(53)48-41)31-20-23-34-51(36-25-28-39-55-58(13,14)46(5,6)7)37-26-29-40-56-59(15,16)47(8,9)10;13-7-3-1-5-9-11(17)16-10(12(18)15-9)6-2-4-8-14;1-10(2,3)13(4,5)12-9-7-6-8-11/h41-42H,17-40H2,1-16H3,(H,48,53)(H,49,52);9-10H,1-8,13-14H2,(H,15,18)(H,16,17);8H,6-7,9H2,1-5H3. The van der Waals surface area contributed by atoms with Crippen molar-refractivity contribution in [2.45, 2.75) is 334 Å². The van der Waals surface area contributed by atoms with Crippen LogP contribution in [-0.4, -0.2) is 176 Å². The molecule has 2 saturated heterocycles. The van der Waals surface area contributed by atoms with Gasteiger partial charge in [-0.2, -0.15) is 0 Å². The van der Waals surface area contributed by atoms with Gasteiger partial charge in [0.2, 0.25) is 23.6 Å². The molecule has 0 saturated carbocycles. The summed E-state index contributed by atoms with van der Waals surface area (Å²) in [5, 5.41) is 12.7. The second kappa shape index (κ2) is 44.8. The van der Waals surface area contributed by atoms with Gasteiger partial charge in [0.25, 0.3) is 0 Å². The summed E-state index contributed by atoms with van der Waals surface area (Å²) in [6.07, 6.45) is 22.9. The molecule has 532 valence electrons. The number of hydrogen-bond donors (Lipinski definition) is 6. The molecular formula is C69H146N8O9Si4. The van der Waals surface area contributed by atoms with Crippen LogP contribution in [0.25, 0.3) is 0 Å². The molecule has 0 aromatic rings. The van der Waals surface area contributed by atoms with Crippen molar-refractivity contribution >= 4 is 63.2 Å². The first-order valence-electron chi connectivity index (χ1n) is 35.8. The first kappa shape index (κ1) is 88.1. The number of piperazine rings is 2. The second-order valence-corrected chi connectivity index (χ2v) is 51.3. The molecule has 0 aliphatic carbocycles. The van der Waals surface area contributed by atoms with Gasteiger partial charge in [0, 0.05) is 32.8 Å². The number of aldehydes is 1. The summed E-state index contributed by atoms with van der Waals surface area (Å²) in [7, 11) is -6.71. The van der Waals surface area contributed by atoms with Gasteiger partial charge >= 0.3 is 0 Å². The van der Waals surface area contributed by atoms with Gasteiger partial charge < -0.3 is 65.0 Å². The zero-order valence-corrected chi connectivity index (χ0v) is 66.4. The zero-order chi connectivity index (χ0) is 68.9. The van der Waals surface area contributed by atoms with Gasteiger partial charge in [0.1, 0.15) is 30.5 Å². The quantitative estimate of drug-likeness (QED) is 0.0190. The van der Waals surface area contributed by atoms with Gasteiger partial charge in [-0.05, 0) is 253 Å². The van der Waals surface area contributed by atoms with Gasteiger partial charge in [0.05, 0.1) is 0 Å². The maximum atomic E-state index is 13.2. The number of amides is 4. The highest BCUT2D eigenvalue weighted by molar-refractivity contribution is 6.75. The predicted octanol–water partition coefficient (Wildman–Crippen LogP) is 13.7. The van der Waals surface area contributed by atoms with Crippen molar-refractivity contribution in [2.24, 2.45) is 11.5 Å². The Hall–Kier alpha value is -1.90. The van der Waals surface area contributed by atoms with E-state index in [2.05, 4.69) is 173 Å². The molecule has 4 unspecified atom stereocenters. The molecule has 0 aromatic carbocycles. The molecule has 2 rings (SSSR count). The smallest absolute Gasteiger partial charge is 0.243 e. The van der Waals surface area contributed by atoms with Crippen molar-refractivity contribution in [1.29, 1.82) is 0 Å². The van der Waals surface area contributed by atoms with Crippen LogP contribution < -0.4 is 32.7 Å². The molecule has 4 amide bonds. The SMILES string of the molecule is CC(C)(C)[Si](C)(C)OCCCC=O.CCCCCN(CCCCO[Si](C)(C)C(C)(C)C)CCCCC1NC(=O)C(CCCCN(CCCCO[Si](C)(C)C(C)(C)C)CCCCO[Si](C)(C)C(C)(C)C)NC1=O.NCCCCC1NC(=O)C(CCCCN)NC1=O. The lowest BCUT2D eigenvalue weighted by Gasteiger charge is -2.36. The summed E-state index contributed by atoms with van der Waals surface area (Å²) in [4.78, 5) is 65.2. The first-order chi connectivity index (χ1) is 41.7. The molecule has 0 radical (unpaired) electrons. The summed E-state index contributed by atoms with van der Waals surface area (Å²) in [5.74, 6) is -0.192. The minimum absolute atomic E-state index is 0.0161. The van der Waals surface area contributed by atoms with E-state index in [0.29, 0.717) is 45.2 Å². The van der Waals surface area contributed by atoms with E-state index in [4.69, 9.17) is 29.2 Å². The molecular weight excluding hydrogens is 1200 g/mol. The van der Waals surface area contributed by atoms with E-state index in [0.717, 1.165) is 168 Å². The fourth-order valence-electron chi connectivity index (χ4n) is 9.43. The van der Waals surface area contributed by atoms with Crippen molar-refractivity contribution in [3.05, 3.63) is 0 Å². The molecule has 17 nitrogen and oxygen atoms in total. The minimum Gasteiger partial charge on any atom is -0.417 e. The van der Waals surface area contributed by atoms with Crippen LogP contribution in [0.4, 0.5) is 0 Å². The average Bonchev–Trinajstić information content (AvgIpc) is 1.27. The Balaban J connectivity index is 0.00000206. The van der Waals surface area contributed by atoms with Crippen molar-refractivity contribution in [3.8, 4) is 0 Å². The van der Waals surface area contributed by atoms with E-state index in [1.807, 2.05) is 0 Å². The highest BCUT2D eigenvalue weighted by Gasteiger charge is 2.40. The molecule has 2 fully saturated rings. The number of hydrogen-bond acceptors (Lipinski definition) is 13. The third kappa shape index (κ3) is 37.4. The van der Waals surface area contributed by atoms with Gasteiger partial charge in [-0.15, -0.1) is 0 Å². The van der Waals surface area contributed by atoms with Crippen LogP contribution in [0.1, 0.15) is 238 Å². The number of unbranched alkanes of at least 4 members (excludes halogenated alkanes) is 10. The number of nitrogens with zero attached hydrogens (tertiary/aromatic N) is 2. The van der Waals surface area contributed by atoms with Crippen LogP contribution in [0.15, 0.2) is 0 Å². The highest BCUT2D eigenvalue weighted by Crippen LogP contribution is 2.39. The summed E-state index contributed by atoms with van der Waals surface area (Å²) in [5.41, 5.74) is 10.8. The van der Waals surface area contributed by atoms with Crippen molar-refractivity contribution in [3.63, 3.8) is 0 Å². The fourth-order valence-corrected chi connectivity index (χ4v) is 13.8. The first-order valence-corrected chi connectivity index (χ1v) is 47.4. The Bertz CT molecular complexity index is 1890. The Kier molecular flexibility index (Phi) is 43.8. The molecule has 2 aliphatic rings. The third-order valence-corrected chi connectivity index (χ3v) is 38.2. The van der Waals surface area contributed by atoms with E-state index < -0.39 is 57.4 Å². The van der Waals surface area contributed by atoms with Crippen LogP contribution in [0.3, 0.4) is 0 Å². The van der Waals surface area contributed by atoms with Gasteiger partial charge in [0.15, 0.2) is 33.3 Å². The number of nitrogens with one attached hydrogen (secondary N) is 4. The molecule has 21 heteroatoms. The third-order valence-electron chi connectivity index (χ3n) is 20.1. The maximum absolute atomic E-state index is 13.2. The average molecular weight is 1340 g/mol. The van der Waals surface area contributed by atoms with E-state index in [-0.39, 0.29) is 43.8 Å². The van der Waals surface area contributed by atoms with Crippen molar-refractivity contribution in [1.82, 2.24) is 31.1 Å². The van der Waals surface area contributed by atoms with Crippen molar-refractivity contribution < 1.29 is 41.7 Å². The van der Waals surface area contributed by atoms with Crippen LogP contribution in [0, 0.1) is 0 Å². The number of nitrogens with two attached hydrogens (primary N) is 2. The molecule has 2 heterocycles. The molecule has 0 bridgehead atoms. The summed E-state index contributed by atoms with van der Waals surface area (Å²) < 4.78 is 25.2.